The average Bonchev–Trinajstić information content (AvgIpc) is 2.60. The Morgan fingerprint density at radius 2 is 2.00 bits per heavy atom. The van der Waals surface area contributed by atoms with Crippen LogP contribution in [-0.4, -0.2) is 42.6 Å². The highest BCUT2D eigenvalue weighted by molar-refractivity contribution is 6.33. The van der Waals surface area contributed by atoms with Crippen molar-refractivity contribution in [3.63, 3.8) is 0 Å². The lowest BCUT2D eigenvalue weighted by Crippen LogP contribution is -2.64. The lowest BCUT2D eigenvalue weighted by Gasteiger charge is -2.55. The Hall–Kier alpha value is -1.61. The van der Waals surface area contributed by atoms with Gasteiger partial charge in [-0.25, -0.2) is 0 Å². The van der Waals surface area contributed by atoms with Gasteiger partial charge in [-0.3, -0.25) is 4.79 Å². The van der Waals surface area contributed by atoms with Crippen molar-refractivity contribution in [1.29, 1.82) is 0 Å². The molecule has 152 valence electrons. The Kier molecular flexibility index (Phi) is 6.34. The maximum Gasteiger partial charge on any atom is 0.255 e. The molecule has 1 aromatic rings. The van der Waals surface area contributed by atoms with E-state index in [1.165, 1.54) is 19.4 Å². The van der Waals surface area contributed by atoms with Crippen molar-refractivity contribution in [3.05, 3.63) is 22.7 Å². The molecule has 0 spiro atoms. The molecular formula is C21H27Cl2N3O2. The molecule has 28 heavy (non-hydrogen) atoms. The van der Waals surface area contributed by atoms with E-state index < -0.39 is 0 Å². The first kappa shape index (κ1) is 21.1. The number of hydrogen-bond acceptors (Lipinski definition) is 4. The summed E-state index contributed by atoms with van der Waals surface area (Å²) in [5, 5.41) is 3.65. The van der Waals surface area contributed by atoms with E-state index in [2.05, 4.69) is 22.1 Å². The van der Waals surface area contributed by atoms with Gasteiger partial charge in [-0.1, -0.05) is 17.5 Å². The van der Waals surface area contributed by atoms with Crippen LogP contribution in [0, 0.1) is 29.6 Å². The standard InChI is InChI=1S/C21H26ClN3O2.ClH/c1-3-4-12(2)27-19-8-18(23)17(22)7-16(19)21(26)24-20-14-5-13-6-15(20)11-25(9-13)10-14;/h7-8,12-15,20H,5-6,9-11,23H2,1-2H3,(H,24,26);1H. The minimum Gasteiger partial charge on any atom is -0.477 e. The summed E-state index contributed by atoms with van der Waals surface area (Å²) in [6.45, 7) is 7.01. The molecule has 1 aliphatic carbocycles. The Morgan fingerprint density at radius 3 is 2.61 bits per heavy atom. The number of carbonyl (C=O) groups excluding carboxylic acids is 1. The van der Waals surface area contributed by atoms with Gasteiger partial charge >= 0.3 is 0 Å². The van der Waals surface area contributed by atoms with Crippen LogP contribution in [0.4, 0.5) is 5.69 Å². The van der Waals surface area contributed by atoms with E-state index in [9.17, 15) is 4.79 Å². The molecule has 3 N–H and O–H groups in total. The van der Waals surface area contributed by atoms with Crippen molar-refractivity contribution in [3.8, 4) is 17.6 Å². The highest BCUT2D eigenvalue weighted by Crippen LogP contribution is 2.43. The fourth-order valence-corrected chi connectivity index (χ4v) is 5.30. The van der Waals surface area contributed by atoms with Crippen LogP contribution in [0.3, 0.4) is 0 Å². The number of nitrogen functional groups attached to an aromatic ring is 1. The predicted molar refractivity (Wildman–Crippen MR) is 114 cm³/mol. The summed E-state index contributed by atoms with van der Waals surface area (Å²) >= 11 is 6.20. The lowest BCUT2D eigenvalue weighted by atomic mass is 9.65. The number of nitrogens with zero attached hydrogens (tertiary/aromatic N) is 1. The molecule has 3 saturated heterocycles. The molecule has 4 bridgehead atoms. The van der Waals surface area contributed by atoms with Crippen molar-refractivity contribution >= 4 is 35.6 Å². The van der Waals surface area contributed by atoms with E-state index in [1.54, 1.807) is 19.1 Å². The number of halogens is 2. The van der Waals surface area contributed by atoms with Crippen molar-refractivity contribution < 1.29 is 9.53 Å². The van der Waals surface area contributed by atoms with E-state index in [1.807, 2.05) is 6.92 Å². The van der Waals surface area contributed by atoms with E-state index >= 15 is 0 Å². The summed E-state index contributed by atoms with van der Waals surface area (Å²) < 4.78 is 5.87. The number of amides is 1. The van der Waals surface area contributed by atoms with Crippen molar-refractivity contribution in [1.82, 2.24) is 10.2 Å². The van der Waals surface area contributed by atoms with Gasteiger partial charge in [-0.15, -0.1) is 18.3 Å². The second-order valence-corrected chi connectivity index (χ2v) is 8.51. The molecule has 3 heterocycles. The fraction of sp³-hybridized carbons (Fsp3) is 0.571. The number of carbonyl (C=O) groups is 1. The maximum atomic E-state index is 13.1. The number of ether oxygens (including phenoxy) is 1. The van der Waals surface area contributed by atoms with Gasteiger partial charge in [0.15, 0.2) is 6.10 Å². The summed E-state index contributed by atoms with van der Waals surface area (Å²) in [6.07, 6.45) is 2.09. The van der Waals surface area contributed by atoms with Crippen LogP contribution in [-0.2, 0) is 0 Å². The lowest BCUT2D eigenvalue weighted by molar-refractivity contribution is -0.0419. The van der Waals surface area contributed by atoms with Crippen LogP contribution in [0.1, 0.15) is 37.0 Å². The largest absolute Gasteiger partial charge is 0.477 e. The van der Waals surface area contributed by atoms with Crippen LogP contribution in [0.25, 0.3) is 0 Å². The first-order chi connectivity index (χ1) is 12.9. The molecule has 3 atom stereocenters. The Morgan fingerprint density at radius 1 is 1.32 bits per heavy atom. The van der Waals surface area contributed by atoms with Crippen LogP contribution in [0.15, 0.2) is 12.1 Å². The molecule has 7 heteroatoms. The maximum absolute atomic E-state index is 13.1. The third kappa shape index (κ3) is 4.05. The molecule has 1 saturated carbocycles. The van der Waals surface area contributed by atoms with E-state index in [0.717, 1.165) is 19.0 Å². The quantitative estimate of drug-likeness (QED) is 0.576. The molecule has 4 aliphatic rings. The predicted octanol–water partition coefficient (Wildman–Crippen LogP) is 3.20. The van der Waals surface area contributed by atoms with E-state index in [0.29, 0.717) is 33.9 Å². The number of anilines is 1. The summed E-state index contributed by atoms with van der Waals surface area (Å²) in [5.41, 5.74) is 6.75. The first-order valence-corrected chi connectivity index (χ1v) is 10.0. The average molecular weight is 424 g/mol. The van der Waals surface area contributed by atoms with Gasteiger partial charge in [0.2, 0.25) is 0 Å². The molecular weight excluding hydrogens is 397 g/mol. The van der Waals surface area contributed by atoms with Gasteiger partial charge in [-0.05, 0) is 50.5 Å². The summed E-state index contributed by atoms with van der Waals surface area (Å²) in [7, 11) is 0. The van der Waals surface area contributed by atoms with Crippen molar-refractivity contribution in [2.24, 2.45) is 17.8 Å². The monoisotopic (exact) mass is 423 g/mol. The number of rotatable bonds is 4. The zero-order valence-electron chi connectivity index (χ0n) is 16.2. The third-order valence-corrected chi connectivity index (χ3v) is 6.41. The van der Waals surface area contributed by atoms with E-state index in [4.69, 9.17) is 22.1 Å². The second kappa shape index (κ2) is 8.41. The number of piperidine rings is 3. The minimum absolute atomic E-state index is 0. The molecule has 3 unspecified atom stereocenters. The summed E-state index contributed by atoms with van der Waals surface area (Å²) in [5.74, 6) is 7.93. The molecule has 0 aromatic heterocycles. The Bertz CT molecular complexity index is 790. The molecule has 5 nitrogen and oxygen atoms in total. The zero-order chi connectivity index (χ0) is 19.1. The van der Waals surface area contributed by atoms with Gasteiger partial charge < -0.3 is 20.7 Å². The van der Waals surface area contributed by atoms with Crippen molar-refractivity contribution in [2.45, 2.75) is 38.8 Å². The van der Waals surface area contributed by atoms with Gasteiger partial charge in [-0.2, -0.15) is 0 Å². The topological polar surface area (TPSA) is 67.6 Å². The van der Waals surface area contributed by atoms with Gasteiger partial charge in [0.05, 0.1) is 16.3 Å². The fourth-order valence-electron chi connectivity index (χ4n) is 5.14. The number of nitrogens with one attached hydrogen (secondary N) is 1. The number of hydrogen-bond donors (Lipinski definition) is 2. The van der Waals surface area contributed by atoms with Crippen molar-refractivity contribution in [2.75, 3.05) is 25.4 Å². The smallest absolute Gasteiger partial charge is 0.255 e. The highest BCUT2D eigenvalue weighted by atomic mass is 35.5. The minimum atomic E-state index is -0.337. The second-order valence-electron chi connectivity index (χ2n) is 8.10. The van der Waals surface area contributed by atoms with E-state index in [-0.39, 0.29) is 30.5 Å². The normalized spacial score (nSPS) is 30.6. The van der Waals surface area contributed by atoms with Gasteiger partial charge in [0, 0.05) is 31.7 Å². The Labute approximate surface area is 177 Å². The molecule has 5 rings (SSSR count). The van der Waals surface area contributed by atoms with Crippen LogP contribution >= 0.6 is 24.0 Å². The molecule has 4 fully saturated rings. The highest BCUT2D eigenvalue weighted by Gasteiger charge is 2.48. The van der Waals surface area contributed by atoms with Crippen LogP contribution in [0.5, 0.6) is 5.75 Å². The number of nitrogens with two attached hydrogens (primary N) is 1. The van der Waals surface area contributed by atoms with Gasteiger partial charge in [0.25, 0.3) is 5.91 Å². The summed E-state index contributed by atoms with van der Waals surface area (Å²) in [4.78, 5) is 15.7. The first-order valence-electron chi connectivity index (χ1n) is 9.65. The molecule has 3 aliphatic heterocycles. The Balaban J connectivity index is 0.00000225. The van der Waals surface area contributed by atoms with Crippen LogP contribution < -0.4 is 15.8 Å². The van der Waals surface area contributed by atoms with Crippen LogP contribution in [0.2, 0.25) is 5.02 Å². The molecule has 1 aromatic carbocycles. The third-order valence-electron chi connectivity index (χ3n) is 6.08. The molecule has 1 amide bonds. The van der Waals surface area contributed by atoms with Gasteiger partial charge in [0.1, 0.15) is 5.75 Å². The zero-order valence-corrected chi connectivity index (χ0v) is 17.8. The SMILES string of the molecule is CC#CC(C)Oc1cc(N)c(Cl)cc1C(=O)NC1C2CC3CC1CN(C3)C2.Cl. The molecule has 0 radical (unpaired) electrons. The number of benzene rings is 1. The summed E-state index contributed by atoms with van der Waals surface area (Å²) in [6, 6.07) is 3.45.